The SMILES string of the molecule is C=C(C)C1CN(Cc2cc(C#N)c3c(c2)N=C(c2cccc(-c4cccc(C)c4C)c2C)C3)C1.C=C(C)c1ncc(CC)cc1/C=C\C.CC.CC.CCCCCC. The van der Waals surface area contributed by atoms with Crippen LogP contribution >= 0.6 is 0 Å². The van der Waals surface area contributed by atoms with E-state index in [1.807, 2.05) is 53.8 Å². The van der Waals surface area contributed by atoms with Gasteiger partial charge in [-0.3, -0.25) is 14.9 Å². The molecule has 0 amide bonds. The topological polar surface area (TPSA) is 52.3 Å². The molecule has 4 heteroatoms. The average molecular weight is 779 g/mol. The van der Waals surface area contributed by atoms with Crippen LogP contribution in [0, 0.1) is 38.0 Å². The number of hydrogen-bond acceptors (Lipinski definition) is 4. The molecular formula is C54H74N4. The Hall–Kier alpha value is -4.85. The van der Waals surface area contributed by atoms with Gasteiger partial charge in [-0.2, -0.15) is 5.26 Å². The number of aliphatic imine (C=N–C) groups is 1. The second-order valence-electron chi connectivity index (χ2n) is 15.1. The van der Waals surface area contributed by atoms with Crippen molar-refractivity contribution in [3.8, 4) is 17.2 Å². The largest absolute Gasteiger partial charge is 0.298 e. The van der Waals surface area contributed by atoms with Crippen LogP contribution in [0.5, 0.6) is 0 Å². The fourth-order valence-corrected chi connectivity index (χ4v) is 7.13. The van der Waals surface area contributed by atoms with Crippen LogP contribution in [-0.4, -0.2) is 28.7 Å². The van der Waals surface area contributed by atoms with Gasteiger partial charge in [0, 0.05) is 49.3 Å². The highest BCUT2D eigenvalue weighted by molar-refractivity contribution is 6.09. The summed E-state index contributed by atoms with van der Waals surface area (Å²) in [6.07, 6.45) is 13.3. The van der Waals surface area contributed by atoms with Crippen LogP contribution in [-0.2, 0) is 19.4 Å². The summed E-state index contributed by atoms with van der Waals surface area (Å²) in [5, 5.41) is 9.88. The summed E-state index contributed by atoms with van der Waals surface area (Å²) in [5.41, 5.74) is 18.3. The molecular weight excluding hydrogens is 705 g/mol. The van der Waals surface area contributed by atoms with Gasteiger partial charge in [0.15, 0.2) is 0 Å². The first kappa shape index (κ1) is 49.3. The summed E-state index contributed by atoms with van der Waals surface area (Å²) in [4.78, 5) is 11.9. The number of aryl methyl sites for hydroxylation is 2. The van der Waals surface area contributed by atoms with Gasteiger partial charge in [-0.25, -0.2) is 0 Å². The number of pyridine rings is 1. The Bertz CT molecular complexity index is 2040. The van der Waals surface area contributed by atoms with E-state index in [1.165, 1.54) is 81.3 Å². The van der Waals surface area contributed by atoms with Crippen LogP contribution in [0.4, 0.5) is 5.69 Å². The predicted molar refractivity (Wildman–Crippen MR) is 256 cm³/mol. The number of likely N-dealkylation sites (tertiary alicyclic amines) is 1. The van der Waals surface area contributed by atoms with Crippen LogP contribution in [0.2, 0.25) is 0 Å². The number of hydrogen-bond donors (Lipinski definition) is 0. The Morgan fingerprint density at radius 3 is 2.00 bits per heavy atom. The lowest BCUT2D eigenvalue weighted by atomic mass is 9.89. The van der Waals surface area contributed by atoms with E-state index in [4.69, 9.17) is 4.99 Å². The molecule has 2 aliphatic heterocycles. The van der Waals surface area contributed by atoms with E-state index in [2.05, 4.69) is 138 Å². The molecule has 58 heavy (non-hydrogen) atoms. The van der Waals surface area contributed by atoms with Crippen molar-refractivity contribution in [1.82, 2.24) is 9.88 Å². The molecule has 0 spiro atoms. The molecule has 3 aromatic carbocycles. The highest BCUT2D eigenvalue weighted by Crippen LogP contribution is 2.37. The lowest BCUT2D eigenvalue weighted by Gasteiger charge is -2.39. The van der Waals surface area contributed by atoms with Crippen molar-refractivity contribution < 1.29 is 0 Å². The number of nitrogens with zero attached hydrogens (tertiary/aromatic N) is 4. The van der Waals surface area contributed by atoms with Crippen molar-refractivity contribution in [1.29, 1.82) is 5.26 Å². The minimum Gasteiger partial charge on any atom is -0.298 e. The summed E-state index contributed by atoms with van der Waals surface area (Å²) in [7, 11) is 0. The molecule has 310 valence electrons. The van der Waals surface area contributed by atoms with E-state index in [0.29, 0.717) is 12.3 Å². The molecule has 1 aromatic heterocycles. The molecule has 6 rings (SSSR count). The third kappa shape index (κ3) is 13.4. The second-order valence-corrected chi connectivity index (χ2v) is 15.1. The van der Waals surface area contributed by atoms with Gasteiger partial charge >= 0.3 is 0 Å². The molecule has 3 heterocycles. The van der Waals surface area contributed by atoms with Crippen molar-refractivity contribution in [2.75, 3.05) is 13.1 Å². The van der Waals surface area contributed by atoms with Crippen LogP contribution in [0.1, 0.15) is 151 Å². The minimum atomic E-state index is 0.599. The number of rotatable bonds is 11. The van der Waals surface area contributed by atoms with Gasteiger partial charge in [-0.15, -0.1) is 0 Å². The van der Waals surface area contributed by atoms with Crippen molar-refractivity contribution in [2.45, 2.75) is 135 Å². The van der Waals surface area contributed by atoms with E-state index in [9.17, 15) is 5.26 Å². The highest BCUT2D eigenvalue weighted by Gasteiger charge is 2.28. The van der Waals surface area contributed by atoms with Crippen LogP contribution < -0.4 is 0 Å². The quantitative estimate of drug-likeness (QED) is 0.113. The Labute approximate surface area is 354 Å². The Morgan fingerprint density at radius 1 is 0.845 bits per heavy atom. The molecule has 0 unspecified atom stereocenters. The maximum Gasteiger partial charge on any atom is 0.0995 e. The Kier molecular flexibility index (Phi) is 21.7. The molecule has 4 nitrogen and oxygen atoms in total. The van der Waals surface area contributed by atoms with E-state index < -0.39 is 0 Å². The summed E-state index contributed by atoms with van der Waals surface area (Å²) in [6.45, 7) is 38.2. The fourth-order valence-electron chi connectivity index (χ4n) is 7.13. The van der Waals surface area contributed by atoms with Gasteiger partial charge in [-0.1, -0.05) is 141 Å². The van der Waals surface area contributed by atoms with Gasteiger partial charge in [0.25, 0.3) is 0 Å². The average Bonchev–Trinajstić information content (AvgIpc) is 3.65. The van der Waals surface area contributed by atoms with Gasteiger partial charge in [0.05, 0.1) is 28.7 Å². The number of fused-ring (bicyclic) bond motifs is 1. The molecule has 1 saturated heterocycles. The normalized spacial score (nSPS) is 12.8. The maximum atomic E-state index is 9.88. The second kappa shape index (κ2) is 25.5. The molecule has 0 bridgehead atoms. The molecule has 0 saturated carbocycles. The summed E-state index contributed by atoms with van der Waals surface area (Å²) in [6, 6.07) is 21.8. The molecule has 0 atom stereocenters. The Morgan fingerprint density at radius 2 is 1.45 bits per heavy atom. The van der Waals surface area contributed by atoms with Crippen molar-refractivity contribution in [3.05, 3.63) is 141 Å². The Balaban J connectivity index is 0.000000400. The zero-order valence-corrected chi connectivity index (χ0v) is 38.6. The van der Waals surface area contributed by atoms with Crippen LogP contribution in [0.25, 0.3) is 22.8 Å². The molecule has 0 N–H and O–H groups in total. The maximum absolute atomic E-state index is 9.88. The lowest BCUT2D eigenvalue weighted by molar-refractivity contribution is 0.115. The summed E-state index contributed by atoms with van der Waals surface area (Å²) in [5.74, 6) is 0.599. The zero-order valence-electron chi connectivity index (χ0n) is 38.6. The molecule has 2 aliphatic rings. The van der Waals surface area contributed by atoms with E-state index >= 15 is 0 Å². The van der Waals surface area contributed by atoms with E-state index in [0.717, 1.165) is 59.8 Å². The monoisotopic (exact) mass is 779 g/mol. The highest BCUT2D eigenvalue weighted by atomic mass is 15.2. The first-order chi connectivity index (χ1) is 27.9. The summed E-state index contributed by atoms with van der Waals surface area (Å²) < 4.78 is 0. The molecule has 1 fully saturated rings. The minimum absolute atomic E-state index is 0.599. The first-order valence-electron chi connectivity index (χ1n) is 21.9. The number of benzene rings is 3. The number of nitriles is 1. The van der Waals surface area contributed by atoms with E-state index in [1.54, 1.807) is 0 Å². The van der Waals surface area contributed by atoms with Gasteiger partial charge in [0.2, 0.25) is 0 Å². The van der Waals surface area contributed by atoms with Crippen molar-refractivity contribution >= 4 is 23.0 Å². The molecule has 0 radical (unpaired) electrons. The number of aromatic nitrogens is 1. The third-order valence-electron chi connectivity index (χ3n) is 10.7. The van der Waals surface area contributed by atoms with Crippen molar-refractivity contribution in [3.63, 3.8) is 0 Å². The number of unbranched alkanes of at least 4 members (excludes halogenated alkanes) is 3. The third-order valence-corrected chi connectivity index (χ3v) is 10.7. The fraction of sp³-hybridized carbons (Fsp3) is 0.426. The van der Waals surface area contributed by atoms with E-state index in [-0.39, 0.29) is 0 Å². The lowest BCUT2D eigenvalue weighted by Crippen LogP contribution is -2.46. The van der Waals surface area contributed by atoms with Crippen molar-refractivity contribution in [2.24, 2.45) is 10.9 Å². The standard InChI is InChI=1S/C31H31N3.C13H17N.C6H14.2C2H6/c1-19(2)25-17-34(18-25)16-23-12-24(15-32)29-14-31(33-30(29)13-23)28-11-7-10-27(22(28)5)26-9-6-8-20(3)21(26)4;1-5-7-12-8-11(6-2)9-14-13(12)10(3)4;1-3-5-6-4-2;2*1-2/h6-13,25H,1,14,16-18H2,2-5H3;5,7-9H,3,6H2,1-2,4H3;3-6H2,1-2H3;2*1-2H3/b;7-5-;;;. The molecule has 0 aliphatic carbocycles. The van der Waals surface area contributed by atoms with Gasteiger partial charge < -0.3 is 0 Å². The number of allylic oxidation sites excluding steroid dienone is 2. The van der Waals surface area contributed by atoms with Gasteiger partial charge in [-0.05, 0) is 116 Å². The molecule has 4 aromatic rings. The smallest absolute Gasteiger partial charge is 0.0995 e. The van der Waals surface area contributed by atoms with Gasteiger partial charge in [0.1, 0.15) is 0 Å². The van der Waals surface area contributed by atoms with Crippen LogP contribution in [0.3, 0.4) is 0 Å². The van der Waals surface area contributed by atoms with Crippen LogP contribution in [0.15, 0.2) is 90.6 Å². The summed E-state index contributed by atoms with van der Waals surface area (Å²) >= 11 is 0. The zero-order chi connectivity index (χ0) is 43.4. The predicted octanol–water partition coefficient (Wildman–Crippen LogP) is 15.2. The first-order valence-corrected chi connectivity index (χ1v) is 21.9.